The Morgan fingerprint density at radius 1 is 1.00 bits per heavy atom. The normalized spacial score (nSPS) is 10.9. The van der Waals surface area contributed by atoms with E-state index in [2.05, 4.69) is 43.3 Å². The van der Waals surface area contributed by atoms with Crippen LogP contribution in [0.15, 0.2) is 77.3 Å². The van der Waals surface area contributed by atoms with E-state index < -0.39 is 11.8 Å². The number of anilines is 1. The molecule has 4 aromatic rings. The molecule has 5 nitrogen and oxygen atoms in total. The number of urea groups is 1. The van der Waals surface area contributed by atoms with E-state index in [0.29, 0.717) is 17.6 Å². The van der Waals surface area contributed by atoms with Gasteiger partial charge in [-0.3, -0.25) is 0 Å². The van der Waals surface area contributed by atoms with E-state index >= 15 is 0 Å². The van der Waals surface area contributed by atoms with Crippen molar-refractivity contribution >= 4 is 38.7 Å². The summed E-state index contributed by atoms with van der Waals surface area (Å²) in [4.78, 5) is 17.0. The third-order valence-corrected chi connectivity index (χ3v) is 5.51. The number of fused-ring (bicyclic) bond motifs is 1. The van der Waals surface area contributed by atoms with E-state index in [4.69, 9.17) is 4.98 Å². The summed E-state index contributed by atoms with van der Waals surface area (Å²) in [6, 6.07) is 22.3. The molecule has 0 bridgehead atoms. The highest BCUT2D eigenvalue weighted by atomic mass is 79.9. The summed E-state index contributed by atoms with van der Waals surface area (Å²) in [6.07, 6.45) is 1.69. The van der Waals surface area contributed by atoms with Gasteiger partial charge in [0.1, 0.15) is 11.6 Å². The average Bonchev–Trinajstić information content (AvgIpc) is 3.13. The van der Waals surface area contributed by atoms with Crippen molar-refractivity contribution in [1.82, 2.24) is 14.9 Å². The largest absolute Gasteiger partial charge is 0.336 e. The Hall–Kier alpha value is -3.19. The number of nitrogens with one attached hydrogen (secondary N) is 2. The molecule has 7 heteroatoms. The number of aromatic nitrogens is 2. The van der Waals surface area contributed by atoms with Crippen LogP contribution in [0.2, 0.25) is 0 Å². The molecule has 4 rings (SSSR count). The van der Waals surface area contributed by atoms with Crippen LogP contribution in [0.5, 0.6) is 0 Å². The maximum atomic E-state index is 13.9. The standard InChI is InChI=1S/C24H22BrFN4O/c25-18-11-12-20(19(26)16-18)29-24(31)27-14-15-30-22-9-5-4-8-21(22)28-23(30)13-10-17-6-2-1-3-7-17/h1-9,11-12,16H,10,13-15H2,(H2,27,29,31). The monoisotopic (exact) mass is 480 g/mol. The molecule has 1 heterocycles. The molecule has 2 amide bonds. The van der Waals surface area contributed by atoms with Crippen LogP contribution < -0.4 is 10.6 Å². The van der Waals surface area contributed by atoms with E-state index in [9.17, 15) is 9.18 Å². The first-order valence-corrected chi connectivity index (χ1v) is 10.9. The molecule has 0 radical (unpaired) electrons. The molecule has 0 aliphatic rings. The number of rotatable bonds is 7. The number of carbonyl (C=O) groups excluding carboxylic acids is 1. The van der Waals surface area contributed by atoms with Gasteiger partial charge in [-0.1, -0.05) is 58.4 Å². The smallest absolute Gasteiger partial charge is 0.319 e. The molecule has 0 aliphatic heterocycles. The van der Waals surface area contributed by atoms with Crippen LogP contribution >= 0.6 is 15.9 Å². The van der Waals surface area contributed by atoms with Crippen molar-refractivity contribution in [2.24, 2.45) is 0 Å². The minimum Gasteiger partial charge on any atom is -0.336 e. The van der Waals surface area contributed by atoms with Crippen LogP contribution in [0, 0.1) is 5.82 Å². The molecule has 1 aromatic heterocycles. The highest BCUT2D eigenvalue weighted by molar-refractivity contribution is 9.10. The first-order valence-electron chi connectivity index (χ1n) is 10.1. The van der Waals surface area contributed by atoms with Crippen molar-refractivity contribution in [3.63, 3.8) is 0 Å². The second-order valence-electron chi connectivity index (χ2n) is 7.16. The van der Waals surface area contributed by atoms with E-state index in [1.807, 2.05) is 42.5 Å². The van der Waals surface area contributed by atoms with Gasteiger partial charge in [-0.05, 0) is 42.3 Å². The molecule has 2 N–H and O–H groups in total. The molecular formula is C24H22BrFN4O. The van der Waals surface area contributed by atoms with Crippen molar-refractivity contribution in [2.75, 3.05) is 11.9 Å². The number of amides is 2. The number of imidazole rings is 1. The summed E-state index contributed by atoms with van der Waals surface area (Å²) in [5, 5.41) is 5.35. The first kappa shape index (κ1) is 21.1. The Balaban J connectivity index is 1.41. The van der Waals surface area contributed by atoms with Crippen LogP contribution in [0.1, 0.15) is 11.4 Å². The SMILES string of the molecule is O=C(NCCn1c(CCc2ccccc2)nc2ccccc21)Nc1ccc(Br)cc1F. The fourth-order valence-corrected chi connectivity index (χ4v) is 3.84. The van der Waals surface area contributed by atoms with E-state index in [1.165, 1.54) is 17.7 Å². The summed E-state index contributed by atoms with van der Waals surface area (Å²) in [5.41, 5.74) is 3.37. The number of hydrogen-bond donors (Lipinski definition) is 2. The van der Waals surface area contributed by atoms with Crippen molar-refractivity contribution < 1.29 is 9.18 Å². The Kier molecular flexibility index (Phi) is 6.62. The number of aryl methyl sites for hydroxylation is 2. The fraction of sp³-hybridized carbons (Fsp3) is 0.167. The first-order chi connectivity index (χ1) is 15.1. The summed E-state index contributed by atoms with van der Waals surface area (Å²) >= 11 is 3.20. The lowest BCUT2D eigenvalue weighted by Crippen LogP contribution is -2.32. The van der Waals surface area contributed by atoms with Crippen LogP contribution in [-0.4, -0.2) is 22.1 Å². The number of halogens is 2. The van der Waals surface area contributed by atoms with Gasteiger partial charge in [0.2, 0.25) is 0 Å². The number of benzene rings is 3. The summed E-state index contributed by atoms with van der Waals surface area (Å²) in [7, 11) is 0. The molecule has 0 atom stereocenters. The van der Waals surface area contributed by atoms with E-state index in [0.717, 1.165) is 29.7 Å². The van der Waals surface area contributed by atoms with E-state index in [1.54, 1.807) is 6.07 Å². The van der Waals surface area contributed by atoms with Crippen LogP contribution in [0.3, 0.4) is 0 Å². The Labute approximate surface area is 188 Å². The third kappa shape index (κ3) is 5.30. The van der Waals surface area contributed by atoms with Gasteiger partial charge < -0.3 is 15.2 Å². The van der Waals surface area contributed by atoms with Gasteiger partial charge in [0.15, 0.2) is 0 Å². The lowest BCUT2D eigenvalue weighted by atomic mass is 10.1. The molecule has 0 unspecified atom stereocenters. The number of hydrogen-bond acceptors (Lipinski definition) is 2. The van der Waals surface area contributed by atoms with Crippen LogP contribution in [-0.2, 0) is 19.4 Å². The summed E-state index contributed by atoms with van der Waals surface area (Å²) in [6.45, 7) is 0.962. The average molecular weight is 481 g/mol. The topological polar surface area (TPSA) is 59.0 Å². The Morgan fingerprint density at radius 2 is 1.77 bits per heavy atom. The molecule has 0 spiro atoms. The molecular weight excluding hydrogens is 459 g/mol. The van der Waals surface area contributed by atoms with Gasteiger partial charge in [0, 0.05) is 24.0 Å². The second kappa shape index (κ2) is 9.75. The highest BCUT2D eigenvalue weighted by Crippen LogP contribution is 2.19. The van der Waals surface area contributed by atoms with Gasteiger partial charge in [-0.15, -0.1) is 0 Å². The van der Waals surface area contributed by atoms with Gasteiger partial charge >= 0.3 is 6.03 Å². The number of carbonyl (C=O) groups is 1. The third-order valence-electron chi connectivity index (χ3n) is 5.01. The Morgan fingerprint density at radius 3 is 2.58 bits per heavy atom. The zero-order valence-electron chi connectivity index (χ0n) is 16.8. The molecule has 0 aliphatic carbocycles. The molecule has 0 saturated heterocycles. The zero-order chi connectivity index (χ0) is 21.6. The summed E-state index contributed by atoms with van der Waals surface area (Å²) < 4.78 is 16.7. The second-order valence-corrected chi connectivity index (χ2v) is 8.07. The van der Waals surface area contributed by atoms with Gasteiger partial charge in [0.25, 0.3) is 0 Å². The maximum Gasteiger partial charge on any atom is 0.319 e. The highest BCUT2D eigenvalue weighted by Gasteiger charge is 2.12. The van der Waals surface area contributed by atoms with Crippen molar-refractivity contribution in [3.8, 4) is 0 Å². The Bertz CT molecular complexity index is 1190. The minimum atomic E-state index is -0.492. The van der Waals surface area contributed by atoms with Crippen LogP contribution in [0.4, 0.5) is 14.9 Å². The van der Waals surface area contributed by atoms with Crippen LogP contribution in [0.25, 0.3) is 11.0 Å². The maximum absolute atomic E-state index is 13.9. The lowest BCUT2D eigenvalue weighted by Gasteiger charge is -2.12. The summed E-state index contributed by atoms with van der Waals surface area (Å²) in [5.74, 6) is 0.486. The number of para-hydroxylation sites is 2. The zero-order valence-corrected chi connectivity index (χ0v) is 18.4. The van der Waals surface area contributed by atoms with Crippen molar-refractivity contribution in [2.45, 2.75) is 19.4 Å². The molecule has 3 aromatic carbocycles. The van der Waals surface area contributed by atoms with Gasteiger partial charge in [-0.25, -0.2) is 14.2 Å². The van der Waals surface area contributed by atoms with Gasteiger partial charge in [0.05, 0.1) is 16.7 Å². The molecule has 0 saturated carbocycles. The fourth-order valence-electron chi connectivity index (χ4n) is 3.51. The number of nitrogens with zero attached hydrogens (tertiary/aromatic N) is 2. The van der Waals surface area contributed by atoms with Crippen molar-refractivity contribution in [3.05, 3.63) is 94.5 Å². The van der Waals surface area contributed by atoms with E-state index in [-0.39, 0.29) is 5.69 Å². The lowest BCUT2D eigenvalue weighted by molar-refractivity contribution is 0.251. The molecule has 0 fully saturated rings. The quantitative estimate of drug-likeness (QED) is 0.364. The molecule has 31 heavy (non-hydrogen) atoms. The predicted octanol–water partition coefficient (Wildman–Crippen LogP) is 5.54. The minimum absolute atomic E-state index is 0.136. The predicted molar refractivity (Wildman–Crippen MR) is 125 cm³/mol. The van der Waals surface area contributed by atoms with Crippen molar-refractivity contribution in [1.29, 1.82) is 0 Å². The molecule has 158 valence electrons. The van der Waals surface area contributed by atoms with Gasteiger partial charge in [-0.2, -0.15) is 0 Å².